The molecule has 1 heterocycles. The summed E-state index contributed by atoms with van der Waals surface area (Å²) in [6.45, 7) is 3.74. The Labute approximate surface area is 176 Å². The van der Waals surface area contributed by atoms with Crippen molar-refractivity contribution in [3.8, 4) is 11.5 Å². The molecule has 1 aliphatic heterocycles. The average Bonchev–Trinajstić information content (AvgIpc) is 2.74. The van der Waals surface area contributed by atoms with Crippen LogP contribution in [0.25, 0.3) is 0 Å². The van der Waals surface area contributed by atoms with Gasteiger partial charge in [0.05, 0.1) is 6.61 Å². The van der Waals surface area contributed by atoms with Crippen LogP contribution in [0.5, 0.6) is 11.5 Å². The zero-order valence-corrected chi connectivity index (χ0v) is 17.2. The molecule has 7 nitrogen and oxygen atoms in total. The van der Waals surface area contributed by atoms with E-state index in [1.54, 1.807) is 18.2 Å². The molecule has 0 radical (unpaired) electrons. The number of carbonyl (C=O) groups is 2. The number of carbonyl (C=O) groups excluding carboxylic acids is 1. The second-order valence-electron chi connectivity index (χ2n) is 7.40. The molecule has 1 atom stereocenters. The van der Waals surface area contributed by atoms with Crippen molar-refractivity contribution < 1.29 is 24.2 Å². The van der Waals surface area contributed by atoms with Crippen LogP contribution in [0, 0.1) is 0 Å². The fourth-order valence-electron chi connectivity index (χ4n) is 3.74. The quantitative estimate of drug-likeness (QED) is 0.658. The molecule has 0 aliphatic carbocycles. The van der Waals surface area contributed by atoms with Crippen molar-refractivity contribution in [1.82, 2.24) is 10.2 Å². The van der Waals surface area contributed by atoms with E-state index >= 15 is 0 Å². The minimum absolute atomic E-state index is 0.249. The Bertz CT molecular complexity index is 858. The number of rotatable bonds is 9. The number of piperidine rings is 1. The van der Waals surface area contributed by atoms with Crippen molar-refractivity contribution in [2.24, 2.45) is 0 Å². The second-order valence-corrected chi connectivity index (χ2v) is 7.40. The lowest BCUT2D eigenvalue weighted by Crippen LogP contribution is -2.63. The Morgan fingerprint density at radius 3 is 2.40 bits per heavy atom. The van der Waals surface area contributed by atoms with E-state index in [-0.39, 0.29) is 13.2 Å². The highest BCUT2D eigenvalue weighted by molar-refractivity contribution is 5.88. The fourth-order valence-corrected chi connectivity index (χ4v) is 3.74. The van der Waals surface area contributed by atoms with Gasteiger partial charge in [0.15, 0.2) is 23.6 Å². The number of amides is 1. The summed E-state index contributed by atoms with van der Waals surface area (Å²) in [5.41, 5.74) is -0.215. The summed E-state index contributed by atoms with van der Waals surface area (Å²) in [5, 5.41) is 12.6. The minimum Gasteiger partial charge on any atom is -0.490 e. The maximum Gasteiger partial charge on any atom is 0.330 e. The van der Waals surface area contributed by atoms with Crippen molar-refractivity contribution in [2.45, 2.75) is 31.8 Å². The summed E-state index contributed by atoms with van der Waals surface area (Å²) in [6, 6.07) is 17.0. The van der Waals surface area contributed by atoms with Gasteiger partial charge < -0.3 is 19.9 Å². The van der Waals surface area contributed by atoms with Gasteiger partial charge in [0.2, 0.25) is 0 Å². The van der Waals surface area contributed by atoms with E-state index in [0.717, 1.165) is 12.1 Å². The number of likely N-dealkylation sites (tertiary alicyclic amines) is 1. The lowest BCUT2D eigenvalue weighted by molar-refractivity contribution is -0.151. The molecule has 1 amide bonds. The number of carboxylic acids is 1. The van der Waals surface area contributed by atoms with Gasteiger partial charge in [-0.25, -0.2) is 4.79 Å². The molecule has 0 bridgehead atoms. The van der Waals surface area contributed by atoms with Crippen molar-refractivity contribution in [3.05, 3.63) is 60.2 Å². The number of benzene rings is 2. The third-order valence-electron chi connectivity index (χ3n) is 5.12. The maximum atomic E-state index is 12.6. The van der Waals surface area contributed by atoms with Gasteiger partial charge in [0, 0.05) is 13.1 Å². The molecule has 1 saturated heterocycles. The first kappa shape index (κ1) is 21.6. The van der Waals surface area contributed by atoms with Crippen LogP contribution in [0.3, 0.4) is 0 Å². The molecule has 2 aromatic carbocycles. The van der Waals surface area contributed by atoms with Gasteiger partial charge in [-0.05, 0) is 44.0 Å². The van der Waals surface area contributed by atoms with Crippen LogP contribution in [-0.4, -0.2) is 53.7 Å². The highest BCUT2D eigenvalue weighted by Gasteiger charge is 2.43. The molecular formula is C23H28N2O5. The van der Waals surface area contributed by atoms with Gasteiger partial charge in [0.1, 0.15) is 0 Å². The van der Waals surface area contributed by atoms with Crippen molar-refractivity contribution >= 4 is 11.9 Å². The Morgan fingerprint density at radius 1 is 1.07 bits per heavy atom. The molecule has 0 unspecified atom stereocenters. The van der Waals surface area contributed by atoms with Gasteiger partial charge in [-0.15, -0.1) is 0 Å². The molecule has 1 aliphatic rings. The first-order valence-corrected chi connectivity index (χ1v) is 10.2. The number of nitrogens with one attached hydrogen (secondary N) is 1. The van der Waals surface area contributed by atoms with Crippen LogP contribution in [0.2, 0.25) is 0 Å². The molecule has 0 aromatic heterocycles. The van der Waals surface area contributed by atoms with Crippen LogP contribution in [-0.2, 0) is 16.1 Å². The minimum atomic E-state index is -1.33. The number of carboxylic acid groups (broad SMARTS) is 1. The molecule has 30 heavy (non-hydrogen) atoms. The number of hydrogen-bond acceptors (Lipinski definition) is 5. The Hall–Kier alpha value is -3.06. The standard InChI is InChI=1S/C23H28N2O5/c1-2-29-19-11-6-7-12-20(19)30-16-21(26)24-23(22(27)28)13-8-14-25(17-23)15-18-9-4-3-5-10-18/h3-7,9-12H,2,8,13-17H2,1H3,(H,24,26)(H,27,28)/t23-/m1/s1. The summed E-state index contributed by atoms with van der Waals surface area (Å²) in [4.78, 5) is 26.8. The zero-order chi connectivity index (χ0) is 21.4. The van der Waals surface area contributed by atoms with E-state index in [4.69, 9.17) is 9.47 Å². The molecular weight excluding hydrogens is 384 g/mol. The Morgan fingerprint density at radius 2 is 1.73 bits per heavy atom. The van der Waals surface area contributed by atoms with Gasteiger partial charge in [-0.2, -0.15) is 0 Å². The van der Waals surface area contributed by atoms with Crippen molar-refractivity contribution in [1.29, 1.82) is 0 Å². The van der Waals surface area contributed by atoms with Crippen LogP contribution in [0.4, 0.5) is 0 Å². The van der Waals surface area contributed by atoms with Gasteiger partial charge in [-0.3, -0.25) is 9.69 Å². The van der Waals surface area contributed by atoms with Crippen molar-refractivity contribution in [2.75, 3.05) is 26.3 Å². The molecule has 160 valence electrons. The third kappa shape index (κ3) is 5.51. The lowest BCUT2D eigenvalue weighted by Gasteiger charge is -2.40. The van der Waals surface area contributed by atoms with Crippen LogP contribution in [0.1, 0.15) is 25.3 Å². The number of nitrogens with zero attached hydrogens (tertiary/aromatic N) is 1. The summed E-state index contributed by atoms with van der Waals surface area (Å²) in [7, 11) is 0. The second kappa shape index (κ2) is 10.1. The summed E-state index contributed by atoms with van der Waals surface area (Å²) in [5.74, 6) is -0.491. The highest BCUT2D eigenvalue weighted by atomic mass is 16.5. The summed E-state index contributed by atoms with van der Waals surface area (Å²) < 4.78 is 11.1. The van der Waals surface area contributed by atoms with Gasteiger partial charge in [0.25, 0.3) is 5.91 Å². The molecule has 7 heteroatoms. The molecule has 0 saturated carbocycles. The van der Waals surface area contributed by atoms with E-state index in [1.807, 2.05) is 43.3 Å². The normalized spacial score (nSPS) is 19.1. The largest absolute Gasteiger partial charge is 0.490 e. The van der Waals surface area contributed by atoms with E-state index in [0.29, 0.717) is 37.5 Å². The molecule has 2 N–H and O–H groups in total. The number of aliphatic carboxylic acids is 1. The number of para-hydroxylation sites is 2. The molecule has 3 rings (SSSR count). The van der Waals surface area contributed by atoms with Gasteiger partial charge >= 0.3 is 5.97 Å². The SMILES string of the molecule is CCOc1ccccc1OCC(=O)N[C@]1(C(=O)O)CCCN(Cc2ccccc2)C1. The number of hydrogen-bond donors (Lipinski definition) is 2. The first-order valence-electron chi connectivity index (χ1n) is 10.2. The first-order chi connectivity index (χ1) is 14.5. The molecule has 2 aromatic rings. The molecule has 1 fully saturated rings. The van der Waals surface area contributed by atoms with Crippen LogP contribution < -0.4 is 14.8 Å². The summed E-state index contributed by atoms with van der Waals surface area (Å²) in [6.07, 6.45) is 1.07. The van der Waals surface area contributed by atoms with Crippen LogP contribution >= 0.6 is 0 Å². The third-order valence-corrected chi connectivity index (χ3v) is 5.12. The predicted octanol–water partition coefficient (Wildman–Crippen LogP) is 2.70. The smallest absolute Gasteiger partial charge is 0.330 e. The van der Waals surface area contributed by atoms with E-state index in [2.05, 4.69) is 10.2 Å². The zero-order valence-electron chi connectivity index (χ0n) is 17.2. The van der Waals surface area contributed by atoms with E-state index in [1.165, 1.54) is 0 Å². The van der Waals surface area contributed by atoms with E-state index in [9.17, 15) is 14.7 Å². The summed E-state index contributed by atoms with van der Waals surface area (Å²) >= 11 is 0. The average molecular weight is 412 g/mol. The maximum absolute atomic E-state index is 12.6. The Balaban J connectivity index is 1.63. The van der Waals surface area contributed by atoms with E-state index < -0.39 is 17.4 Å². The van der Waals surface area contributed by atoms with Crippen molar-refractivity contribution in [3.63, 3.8) is 0 Å². The fraction of sp³-hybridized carbons (Fsp3) is 0.391. The lowest BCUT2D eigenvalue weighted by atomic mass is 9.88. The highest BCUT2D eigenvalue weighted by Crippen LogP contribution is 2.27. The van der Waals surface area contributed by atoms with Gasteiger partial charge in [-0.1, -0.05) is 42.5 Å². The monoisotopic (exact) mass is 412 g/mol. The number of ether oxygens (including phenoxy) is 2. The predicted molar refractivity (Wildman–Crippen MR) is 113 cm³/mol. The topological polar surface area (TPSA) is 88.1 Å². The molecule has 0 spiro atoms. The Kier molecular flexibility index (Phi) is 7.30. The van der Waals surface area contributed by atoms with Crippen LogP contribution in [0.15, 0.2) is 54.6 Å².